The molecule has 96 valence electrons. The first-order valence-corrected chi connectivity index (χ1v) is 6.52. The van der Waals surface area contributed by atoms with Gasteiger partial charge in [0.2, 0.25) is 0 Å². The molecule has 18 heavy (non-hydrogen) atoms. The minimum atomic E-state index is -0.314. The summed E-state index contributed by atoms with van der Waals surface area (Å²) in [5, 5.41) is 5.02. The van der Waals surface area contributed by atoms with E-state index in [1.165, 1.54) is 12.3 Å². The van der Waals surface area contributed by atoms with Gasteiger partial charge in [-0.3, -0.25) is 0 Å². The molecule has 0 saturated carbocycles. The molecule has 2 heterocycles. The average molecular weight is 266 g/mol. The molecule has 0 aliphatic rings. The standard InChI is InChI=1S/C12H15FN4S/c1-14-4-9-3-10(13)5-15-12(9)17(2)6-11-7-18-8-16-11/h3,5,7-8,14H,4,6H2,1-2H3. The molecule has 2 rings (SSSR count). The minimum absolute atomic E-state index is 0.314. The van der Waals surface area contributed by atoms with E-state index < -0.39 is 0 Å². The molecule has 6 heteroatoms. The van der Waals surface area contributed by atoms with E-state index in [9.17, 15) is 4.39 Å². The van der Waals surface area contributed by atoms with Crippen molar-refractivity contribution >= 4 is 17.2 Å². The Balaban J connectivity index is 2.20. The van der Waals surface area contributed by atoms with Crippen LogP contribution in [0.2, 0.25) is 0 Å². The third kappa shape index (κ3) is 3.02. The number of hydrogen-bond acceptors (Lipinski definition) is 5. The molecule has 0 aliphatic carbocycles. The van der Waals surface area contributed by atoms with Crippen LogP contribution in [0.15, 0.2) is 23.2 Å². The Morgan fingerprint density at radius 2 is 2.28 bits per heavy atom. The quantitative estimate of drug-likeness (QED) is 0.899. The van der Waals surface area contributed by atoms with Crippen LogP contribution in [-0.2, 0) is 13.1 Å². The number of anilines is 1. The molecule has 0 bridgehead atoms. The summed E-state index contributed by atoms with van der Waals surface area (Å²) in [7, 11) is 3.76. The predicted molar refractivity (Wildman–Crippen MR) is 71.2 cm³/mol. The topological polar surface area (TPSA) is 41.1 Å². The lowest BCUT2D eigenvalue weighted by atomic mass is 10.2. The zero-order valence-corrected chi connectivity index (χ0v) is 11.2. The second-order valence-electron chi connectivity index (χ2n) is 4.00. The number of rotatable bonds is 5. The fraction of sp³-hybridized carbons (Fsp3) is 0.333. The lowest BCUT2D eigenvalue weighted by molar-refractivity contribution is 0.615. The van der Waals surface area contributed by atoms with E-state index in [0.29, 0.717) is 13.1 Å². The Bertz CT molecular complexity index is 501. The molecule has 0 unspecified atom stereocenters. The Morgan fingerprint density at radius 1 is 1.44 bits per heavy atom. The van der Waals surface area contributed by atoms with Crippen molar-refractivity contribution in [3.8, 4) is 0 Å². The third-order valence-corrected chi connectivity index (χ3v) is 3.16. The first kappa shape index (κ1) is 12.9. The van der Waals surface area contributed by atoms with Crippen LogP contribution in [0.4, 0.5) is 10.2 Å². The van der Waals surface area contributed by atoms with Gasteiger partial charge in [-0.1, -0.05) is 0 Å². The van der Waals surface area contributed by atoms with Crippen molar-refractivity contribution in [3.05, 3.63) is 40.2 Å². The maximum Gasteiger partial charge on any atom is 0.141 e. The molecule has 2 aromatic rings. The van der Waals surface area contributed by atoms with E-state index in [-0.39, 0.29) is 5.82 Å². The predicted octanol–water partition coefficient (Wildman–Crippen LogP) is 2.03. The molecule has 0 fully saturated rings. The number of nitrogens with zero attached hydrogens (tertiary/aromatic N) is 3. The highest BCUT2D eigenvalue weighted by atomic mass is 32.1. The van der Waals surface area contributed by atoms with Crippen molar-refractivity contribution in [2.75, 3.05) is 19.0 Å². The zero-order valence-electron chi connectivity index (χ0n) is 10.4. The summed E-state index contributed by atoms with van der Waals surface area (Å²) in [6, 6.07) is 1.51. The fourth-order valence-corrected chi connectivity index (χ4v) is 2.32. The number of nitrogens with one attached hydrogen (secondary N) is 1. The molecule has 1 N–H and O–H groups in total. The number of thiazole rings is 1. The van der Waals surface area contributed by atoms with E-state index >= 15 is 0 Å². The zero-order chi connectivity index (χ0) is 13.0. The molecular weight excluding hydrogens is 251 g/mol. The second kappa shape index (κ2) is 5.88. The van der Waals surface area contributed by atoms with Crippen molar-refractivity contribution in [2.45, 2.75) is 13.1 Å². The molecule has 0 aromatic carbocycles. The molecule has 4 nitrogen and oxygen atoms in total. The van der Waals surface area contributed by atoms with Crippen LogP contribution >= 0.6 is 11.3 Å². The van der Waals surface area contributed by atoms with Gasteiger partial charge in [0.15, 0.2) is 0 Å². The summed E-state index contributed by atoms with van der Waals surface area (Å²) in [6.07, 6.45) is 1.24. The van der Waals surface area contributed by atoms with Gasteiger partial charge in [-0.15, -0.1) is 11.3 Å². The molecule has 0 amide bonds. The van der Waals surface area contributed by atoms with Gasteiger partial charge in [0.1, 0.15) is 11.6 Å². The van der Waals surface area contributed by atoms with Crippen molar-refractivity contribution in [1.82, 2.24) is 15.3 Å². The Kier molecular flexibility index (Phi) is 4.22. The largest absolute Gasteiger partial charge is 0.353 e. The smallest absolute Gasteiger partial charge is 0.141 e. The van der Waals surface area contributed by atoms with E-state index in [1.54, 1.807) is 16.8 Å². The summed E-state index contributed by atoms with van der Waals surface area (Å²) in [5.41, 5.74) is 3.63. The van der Waals surface area contributed by atoms with E-state index in [1.807, 2.05) is 24.4 Å². The lowest BCUT2D eigenvalue weighted by Gasteiger charge is -2.20. The van der Waals surface area contributed by atoms with Crippen molar-refractivity contribution in [3.63, 3.8) is 0 Å². The van der Waals surface area contributed by atoms with Gasteiger partial charge in [-0.05, 0) is 13.1 Å². The summed E-state index contributed by atoms with van der Waals surface area (Å²) < 4.78 is 13.2. The first-order chi connectivity index (χ1) is 8.70. The molecule has 0 saturated heterocycles. The van der Waals surface area contributed by atoms with Crippen LogP contribution < -0.4 is 10.2 Å². The Hall–Kier alpha value is -1.53. The maximum absolute atomic E-state index is 13.2. The lowest BCUT2D eigenvalue weighted by Crippen LogP contribution is -2.21. The van der Waals surface area contributed by atoms with Crippen LogP contribution in [0.5, 0.6) is 0 Å². The van der Waals surface area contributed by atoms with E-state index in [0.717, 1.165) is 17.1 Å². The van der Waals surface area contributed by atoms with Gasteiger partial charge in [0.05, 0.1) is 23.9 Å². The SMILES string of the molecule is CNCc1cc(F)cnc1N(C)Cc1cscn1. The summed E-state index contributed by atoms with van der Waals surface area (Å²) in [4.78, 5) is 10.4. The van der Waals surface area contributed by atoms with Crippen LogP contribution in [0.1, 0.15) is 11.3 Å². The highest BCUT2D eigenvalue weighted by Crippen LogP contribution is 2.19. The Labute approximate surface area is 110 Å². The van der Waals surface area contributed by atoms with Crippen LogP contribution in [0.3, 0.4) is 0 Å². The van der Waals surface area contributed by atoms with Crippen LogP contribution in [0, 0.1) is 5.82 Å². The van der Waals surface area contributed by atoms with Crippen molar-refractivity contribution < 1.29 is 4.39 Å². The van der Waals surface area contributed by atoms with E-state index in [4.69, 9.17) is 0 Å². The second-order valence-corrected chi connectivity index (χ2v) is 4.72. The van der Waals surface area contributed by atoms with Gasteiger partial charge in [0, 0.05) is 24.5 Å². The number of pyridine rings is 1. The molecule has 0 atom stereocenters. The monoisotopic (exact) mass is 266 g/mol. The molecule has 2 aromatic heterocycles. The van der Waals surface area contributed by atoms with Gasteiger partial charge in [-0.25, -0.2) is 14.4 Å². The van der Waals surface area contributed by atoms with E-state index in [2.05, 4.69) is 15.3 Å². The third-order valence-electron chi connectivity index (χ3n) is 2.52. The highest BCUT2D eigenvalue weighted by Gasteiger charge is 2.11. The first-order valence-electron chi connectivity index (χ1n) is 5.58. The van der Waals surface area contributed by atoms with Gasteiger partial charge in [0.25, 0.3) is 0 Å². The van der Waals surface area contributed by atoms with Gasteiger partial charge < -0.3 is 10.2 Å². The van der Waals surface area contributed by atoms with Crippen LogP contribution in [0.25, 0.3) is 0 Å². The molecule has 0 spiro atoms. The molecule has 0 aliphatic heterocycles. The molecular formula is C12H15FN4S. The van der Waals surface area contributed by atoms with Crippen LogP contribution in [-0.4, -0.2) is 24.1 Å². The number of halogens is 1. The van der Waals surface area contributed by atoms with Crippen molar-refractivity contribution in [2.24, 2.45) is 0 Å². The van der Waals surface area contributed by atoms with Gasteiger partial charge >= 0.3 is 0 Å². The summed E-state index contributed by atoms with van der Waals surface area (Å²) in [6.45, 7) is 1.25. The number of hydrogen-bond donors (Lipinski definition) is 1. The summed E-state index contributed by atoms with van der Waals surface area (Å²) in [5.74, 6) is 0.463. The Morgan fingerprint density at radius 3 is 2.94 bits per heavy atom. The van der Waals surface area contributed by atoms with Gasteiger partial charge in [-0.2, -0.15) is 0 Å². The highest BCUT2D eigenvalue weighted by molar-refractivity contribution is 7.07. The minimum Gasteiger partial charge on any atom is -0.353 e. The average Bonchev–Trinajstić information content (AvgIpc) is 2.82. The maximum atomic E-state index is 13.2. The number of aromatic nitrogens is 2. The molecule has 0 radical (unpaired) electrons. The normalized spacial score (nSPS) is 10.6. The summed E-state index contributed by atoms with van der Waals surface area (Å²) >= 11 is 1.56. The van der Waals surface area contributed by atoms with Crippen molar-refractivity contribution in [1.29, 1.82) is 0 Å². The fourth-order valence-electron chi connectivity index (χ4n) is 1.77.